The van der Waals surface area contributed by atoms with Crippen LogP contribution in [-0.4, -0.2) is 30.3 Å². The number of aliphatic hydroxyl groups is 1. The molecule has 6 heteroatoms. The molecule has 20 heavy (non-hydrogen) atoms. The Morgan fingerprint density at radius 3 is 2.15 bits per heavy atom. The molecule has 0 aliphatic carbocycles. The molecule has 3 nitrogen and oxygen atoms in total. The van der Waals surface area contributed by atoms with Crippen LogP contribution in [0.15, 0.2) is 24.3 Å². The number of hydrogen-bond acceptors (Lipinski definition) is 3. The van der Waals surface area contributed by atoms with Gasteiger partial charge < -0.3 is 14.6 Å². The van der Waals surface area contributed by atoms with Crippen LogP contribution >= 0.6 is 0 Å². The Morgan fingerprint density at radius 1 is 1.15 bits per heavy atom. The third kappa shape index (κ3) is 6.25. The lowest BCUT2D eigenvalue weighted by Gasteiger charge is -2.25. The molecule has 0 amide bonds. The van der Waals surface area contributed by atoms with Gasteiger partial charge in [0.2, 0.25) is 0 Å². The van der Waals surface area contributed by atoms with Gasteiger partial charge in [-0.1, -0.05) is 12.1 Å². The first-order valence-corrected chi connectivity index (χ1v) is 6.19. The van der Waals surface area contributed by atoms with Gasteiger partial charge in [0.05, 0.1) is 11.7 Å². The van der Waals surface area contributed by atoms with E-state index in [1.165, 1.54) is 24.3 Å². The minimum atomic E-state index is -4.69. The van der Waals surface area contributed by atoms with Gasteiger partial charge in [0.25, 0.3) is 0 Å². The lowest BCUT2D eigenvalue weighted by atomic mass is 9.96. The number of hydrogen-bond donors (Lipinski definition) is 1. The van der Waals surface area contributed by atoms with E-state index in [1.54, 1.807) is 7.11 Å². The molecule has 0 saturated carbocycles. The summed E-state index contributed by atoms with van der Waals surface area (Å²) in [4.78, 5) is 0. The van der Waals surface area contributed by atoms with Gasteiger partial charge in [-0.25, -0.2) is 0 Å². The number of rotatable bonds is 6. The molecule has 0 aromatic heterocycles. The Labute approximate surface area is 116 Å². The highest BCUT2D eigenvalue weighted by molar-refractivity contribution is 5.27. The van der Waals surface area contributed by atoms with Crippen LogP contribution < -0.4 is 4.74 Å². The fourth-order valence-corrected chi connectivity index (χ4v) is 1.82. The molecule has 1 aromatic carbocycles. The fraction of sp³-hybridized carbons (Fsp3) is 0.571. The first-order chi connectivity index (χ1) is 9.11. The minimum absolute atomic E-state index is 0.270. The summed E-state index contributed by atoms with van der Waals surface area (Å²) in [7, 11) is 1.57. The lowest BCUT2D eigenvalue weighted by Crippen LogP contribution is -2.29. The van der Waals surface area contributed by atoms with Crippen molar-refractivity contribution in [3.8, 4) is 5.75 Å². The Balaban J connectivity index is 2.57. The number of benzene rings is 1. The van der Waals surface area contributed by atoms with E-state index < -0.39 is 18.1 Å². The quantitative estimate of drug-likeness (QED) is 0.874. The van der Waals surface area contributed by atoms with E-state index in [9.17, 15) is 18.3 Å². The zero-order valence-electron chi connectivity index (χ0n) is 11.7. The molecule has 0 radical (unpaired) electrons. The predicted octanol–water partition coefficient (Wildman–Crippen LogP) is 3.30. The Bertz CT molecular complexity index is 413. The second-order valence-electron chi connectivity index (χ2n) is 5.22. The van der Waals surface area contributed by atoms with Gasteiger partial charge in [-0.3, -0.25) is 0 Å². The molecule has 1 N–H and O–H groups in total. The smallest absolute Gasteiger partial charge is 0.406 e. The van der Waals surface area contributed by atoms with E-state index >= 15 is 0 Å². The second kappa shape index (κ2) is 6.45. The average Bonchev–Trinajstić information content (AvgIpc) is 2.29. The summed E-state index contributed by atoms with van der Waals surface area (Å²) in [5, 5.41) is 9.93. The number of halogens is 3. The molecule has 0 aliphatic heterocycles. The Kier molecular flexibility index (Phi) is 5.42. The van der Waals surface area contributed by atoms with Crippen molar-refractivity contribution in [2.24, 2.45) is 0 Å². The van der Waals surface area contributed by atoms with Crippen molar-refractivity contribution in [3.05, 3.63) is 29.8 Å². The van der Waals surface area contributed by atoms with E-state index in [1.807, 2.05) is 13.8 Å². The standard InChI is InChI=1S/C14H19F3O3/c1-13(2,19-3)9-11(18)8-10-4-6-12(7-5-10)20-14(15,16)17/h4-7,11,18H,8-9H2,1-3H3. The second-order valence-corrected chi connectivity index (χ2v) is 5.22. The van der Waals surface area contributed by atoms with Gasteiger partial charge in [0.1, 0.15) is 5.75 Å². The van der Waals surface area contributed by atoms with Crippen LogP contribution in [0.25, 0.3) is 0 Å². The summed E-state index contributed by atoms with van der Waals surface area (Å²) in [5.41, 5.74) is 0.289. The zero-order chi connectivity index (χ0) is 15.4. The number of ether oxygens (including phenoxy) is 2. The SMILES string of the molecule is COC(C)(C)CC(O)Cc1ccc(OC(F)(F)F)cc1. The molecule has 1 aromatic rings. The van der Waals surface area contributed by atoms with Crippen molar-refractivity contribution < 1.29 is 27.8 Å². The summed E-state index contributed by atoms with van der Waals surface area (Å²) in [6.45, 7) is 3.72. The van der Waals surface area contributed by atoms with Crippen molar-refractivity contribution in [1.29, 1.82) is 0 Å². The lowest BCUT2D eigenvalue weighted by molar-refractivity contribution is -0.274. The molecular formula is C14H19F3O3. The van der Waals surface area contributed by atoms with Gasteiger partial charge >= 0.3 is 6.36 Å². The molecular weight excluding hydrogens is 273 g/mol. The first-order valence-electron chi connectivity index (χ1n) is 6.19. The van der Waals surface area contributed by atoms with Crippen LogP contribution in [0, 0.1) is 0 Å². The summed E-state index contributed by atoms with van der Waals surface area (Å²) >= 11 is 0. The topological polar surface area (TPSA) is 38.7 Å². The highest BCUT2D eigenvalue weighted by Gasteiger charge is 2.31. The monoisotopic (exact) mass is 292 g/mol. The normalized spacial score (nSPS) is 14.2. The van der Waals surface area contributed by atoms with Crippen LogP contribution in [0.4, 0.5) is 13.2 Å². The average molecular weight is 292 g/mol. The molecule has 0 fully saturated rings. The van der Waals surface area contributed by atoms with Gasteiger partial charge in [-0.2, -0.15) is 0 Å². The van der Waals surface area contributed by atoms with Crippen LogP contribution in [0.1, 0.15) is 25.8 Å². The minimum Gasteiger partial charge on any atom is -0.406 e. The summed E-state index contributed by atoms with van der Waals surface area (Å²) in [6, 6.07) is 5.47. The maximum Gasteiger partial charge on any atom is 0.573 e. The van der Waals surface area contributed by atoms with Gasteiger partial charge in [0.15, 0.2) is 0 Å². The molecule has 0 saturated heterocycles. The van der Waals surface area contributed by atoms with E-state index in [2.05, 4.69) is 4.74 Å². The van der Waals surface area contributed by atoms with Crippen LogP contribution in [0.3, 0.4) is 0 Å². The van der Waals surface area contributed by atoms with Gasteiger partial charge in [-0.05, 0) is 38.0 Å². The summed E-state index contributed by atoms with van der Waals surface area (Å²) in [5.74, 6) is -0.270. The van der Waals surface area contributed by atoms with Crippen LogP contribution in [0.5, 0.6) is 5.75 Å². The molecule has 0 spiro atoms. The maximum absolute atomic E-state index is 12.0. The first kappa shape index (κ1) is 16.8. The molecule has 114 valence electrons. The van der Waals surface area contributed by atoms with Crippen molar-refractivity contribution in [3.63, 3.8) is 0 Å². The summed E-state index contributed by atoms with van der Waals surface area (Å²) in [6.07, 6.45) is -4.54. The van der Waals surface area contributed by atoms with E-state index in [4.69, 9.17) is 4.74 Å². The van der Waals surface area contributed by atoms with Gasteiger partial charge in [0, 0.05) is 13.5 Å². The largest absolute Gasteiger partial charge is 0.573 e. The number of alkyl halides is 3. The van der Waals surface area contributed by atoms with E-state index in [0.29, 0.717) is 12.8 Å². The number of aliphatic hydroxyl groups excluding tert-OH is 1. The molecule has 1 rings (SSSR count). The third-order valence-corrected chi connectivity index (χ3v) is 2.91. The molecule has 1 atom stereocenters. The number of methoxy groups -OCH3 is 1. The highest BCUT2D eigenvalue weighted by atomic mass is 19.4. The van der Waals surface area contributed by atoms with Crippen LogP contribution in [-0.2, 0) is 11.2 Å². The molecule has 1 unspecified atom stereocenters. The molecule has 0 aliphatic rings. The molecule has 0 heterocycles. The maximum atomic E-state index is 12.0. The Hall–Kier alpha value is -1.27. The van der Waals surface area contributed by atoms with Gasteiger partial charge in [-0.15, -0.1) is 13.2 Å². The fourth-order valence-electron chi connectivity index (χ4n) is 1.82. The van der Waals surface area contributed by atoms with Crippen molar-refractivity contribution >= 4 is 0 Å². The van der Waals surface area contributed by atoms with E-state index in [0.717, 1.165) is 5.56 Å². The summed E-state index contributed by atoms with van der Waals surface area (Å²) < 4.78 is 45.0. The molecule has 0 bridgehead atoms. The Morgan fingerprint density at radius 2 is 1.70 bits per heavy atom. The van der Waals surface area contributed by atoms with Crippen molar-refractivity contribution in [1.82, 2.24) is 0 Å². The highest BCUT2D eigenvalue weighted by Crippen LogP contribution is 2.24. The van der Waals surface area contributed by atoms with E-state index in [-0.39, 0.29) is 5.75 Å². The van der Waals surface area contributed by atoms with Crippen LogP contribution in [0.2, 0.25) is 0 Å². The van der Waals surface area contributed by atoms with Crippen molar-refractivity contribution in [2.45, 2.75) is 44.8 Å². The van der Waals surface area contributed by atoms with Crippen molar-refractivity contribution in [2.75, 3.05) is 7.11 Å². The third-order valence-electron chi connectivity index (χ3n) is 2.91. The zero-order valence-corrected chi connectivity index (χ0v) is 11.7. The predicted molar refractivity (Wildman–Crippen MR) is 68.5 cm³/mol.